The molecule has 0 N–H and O–H groups in total. The van der Waals surface area contributed by atoms with Crippen molar-refractivity contribution in [3.8, 4) is 0 Å². The van der Waals surface area contributed by atoms with Crippen molar-refractivity contribution in [3.05, 3.63) is 79.4 Å². The first-order chi connectivity index (χ1) is 18.5. The minimum atomic E-state index is -1.60. The van der Waals surface area contributed by atoms with Gasteiger partial charge in [0.2, 0.25) is 0 Å². The molecule has 11 nitrogen and oxygen atoms in total. The van der Waals surface area contributed by atoms with Crippen molar-refractivity contribution in [2.45, 2.75) is 76.8 Å². The lowest BCUT2D eigenvalue weighted by Crippen LogP contribution is -2.50. The lowest BCUT2D eigenvalue weighted by molar-refractivity contribution is -0.161. The minimum Gasteiger partial charge on any atom is -0.378 e. The van der Waals surface area contributed by atoms with Crippen LogP contribution in [0.3, 0.4) is 0 Å². The van der Waals surface area contributed by atoms with E-state index in [1.165, 1.54) is 12.3 Å². The molecule has 0 aliphatic carbocycles. The molecule has 1 aromatic heterocycles. The Kier molecular flexibility index (Phi) is 11.5. The number of aromatic nitrogens is 2. The van der Waals surface area contributed by atoms with E-state index in [9.17, 15) is 19.5 Å². The minimum absolute atomic E-state index is 0.150. The van der Waals surface area contributed by atoms with Crippen LogP contribution in [0.2, 0.25) is 0 Å². The SMILES string of the molecule is CCCCOC[C@@]1(CF)O[C@@H](n2ccc(=O)n(COCc3ccccc3)c2=O)[C@@H](N=[N+]=[N-])[C@@H]1OCCCC. The summed E-state index contributed by atoms with van der Waals surface area (Å²) in [6, 6.07) is 9.41. The zero-order valence-electron chi connectivity index (χ0n) is 21.9. The van der Waals surface area contributed by atoms with Crippen LogP contribution in [-0.4, -0.2) is 53.4 Å². The van der Waals surface area contributed by atoms with Gasteiger partial charge in [-0.2, -0.15) is 0 Å². The molecular formula is C26H36FN5O6. The molecule has 0 unspecified atom stereocenters. The van der Waals surface area contributed by atoms with Crippen LogP contribution in [0.4, 0.5) is 4.39 Å². The van der Waals surface area contributed by atoms with Gasteiger partial charge in [-0.15, -0.1) is 0 Å². The average Bonchev–Trinajstić information content (AvgIpc) is 3.22. The number of halogens is 1. The highest BCUT2D eigenvalue weighted by atomic mass is 19.1. The Balaban J connectivity index is 1.92. The van der Waals surface area contributed by atoms with E-state index < -0.39 is 41.9 Å². The summed E-state index contributed by atoms with van der Waals surface area (Å²) < 4.78 is 40.2. The van der Waals surface area contributed by atoms with Crippen LogP contribution in [-0.2, 0) is 32.3 Å². The Morgan fingerprint density at radius 1 is 1.11 bits per heavy atom. The van der Waals surface area contributed by atoms with Gasteiger partial charge in [-0.25, -0.2) is 13.8 Å². The van der Waals surface area contributed by atoms with Crippen LogP contribution < -0.4 is 11.2 Å². The summed E-state index contributed by atoms with van der Waals surface area (Å²) in [5, 5.41) is 3.85. The predicted molar refractivity (Wildman–Crippen MR) is 138 cm³/mol. The van der Waals surface area contributed by atoms with Gasteiger partial charge in [0, 0.05) is 30.4 Å². The van der Waals surface area contributed by atoms with E-state index in [1.54, 1.807) is 0 Å². The fraction of sp³-hybridized carbons (Fsp3) is 0.615. The fourth-order valence-corrected chi connectivity index (χ4v) is 4.27. The standard InChI is InChI=1S/C26H36FN5O6/c1-3-5-14-35-18-26(17-27)23(37-15-6-4-2)22(29-30-28)24(38-26)31-13-12-21(33)32(25(31)34)19-36-16-20-10-8-7-9-11-20/h7-13,22-24H,3-6,14-19H2,1-2H3/t22-,23-,24+,26+/m0/s1. The average molecular weight is 534 g/mol. The van der Waals surface area contributed by atoms with E-state index >= 15 is 0 Å². The molecule has 2 aromatic rings. The largest absolute Gasteiger partial charge is 0.378 e. The molecular weight excluding hydrogens is 497 g/mol. The van der Waals surface area contributed by atoms with Crippen molar-refractivity contribution in [1.29, 1.82) is 0 Å². The van der Waals surface area contributed by atoms with Gasteiger partial charge in [0.15, 0.2) is 0 Å². The molecule has 3 rings (SSSR count). The van der Waals surface area contributed by atoms with Gasteiger partial charge in [-0.1, -0.05) is 62.1 Å². The van der Waals surface area contributed by atoms with Gasteiger partial charge < -0.3 is 18.9 Å². The molecule has 0 radical (unpaired) electrons. The van der Waals surface area contributed by atoms with Crippen molar-refractivity contribution >= 4 is 0 Å². The van der Waals surface area contributed by atoms with E-state index in [0.29, 0.717) is 13.0 Å². The van der Waals surface area contributed by atoms with Gasteiger partial charge in [-0.05, 0) is 23.9 Å². The normalized spacial score (nSPS) is 22.9. The number of unbranched alkanes of at least 4 members (excludes halogenated alkanes) is 2. The molecule has 4 atom stereocenters. The summed E-state index contributed by atoms with van der Waals surface area (Å²) >= 11 is 0. The molecule has 0 spiro atoms. The van der Waals surface area contributed by atoms with Crippen LogP contribution in [0.15, 0.2) is 57.3 Å². The second-order valence-electron chi connectivity index (χ2n) is 9.19. The lowest BCUT2D eigenvalue weighted by Gasteiger charge is -2.32. The molecule has 0 bridgehead atoms. The highest BCUT2D eigenvalue weighted by Crippen LogP contribution is 2.41. The third-order valence-electron chi connectivity index (χ3n) is 6.37. The second kappa shape index (κ2) is 14.8. The van der Waals surface area contributed by atoms with Gasteiger partial charge in [0.25, 0.3) is 5.56 Å². The number of benzene rings is 1. The van der Waals surface area contributed by atoms with Gasteiger partial charge in [0.05, 0.1) is 13.2 Å². The maximum absolute atomic E-state index is 14.7. The van der Waals surface area contributed by atoms with E-state index in [1.807, 2.05) is 44.2 Å². The van der Waals surface area contributed by atoms with Crippen LogP contribution in [0, 0.1) is 0 Å². The summed E-state index contributed by atoms with van der Waals surface area (Å²) in [5.41, 5.74) is 7.27. The summed E-state index contributed by atoms with van der Waals surface area (Å²) in [7, 11) is 0. The summed E-state index contributed by atoms with van der Waals surface area (Å²) in [4.78, 5) is 28.9. The van der Waals surface area contributed by atoms with E-state index in [-0.39, 0.29) is 26.6 Å². The Morgan fingerprint density at radius 2 is 1.84 bits per heavy atom. The Bertz CT molecular complexity index is 1170. The van der Waals surface area contributed by atoms with E-state index in [2.05, 4.69) is 10.0 Å². The summed E-state index contributed by atoms with van der Waals surface area (Å²) in [6.45, 7) is 3.42. The molecule has 38 heavy (non-hydrogen) atoms. The number of hydrogen-bond donors (Lipinski definition) is 0. The Morgan fingerprint density at radius 3 is 2.53 bits per heavy atom. The van der Waals surface area contributed by atoms with E-state index in [0.717, 1.165) is 34.0 Å². The first kappa shape index (κ1) is 29.5. The molecule has 2 heterocycles. The molecule has 1 saturated heterocycles. The van der Waals surface area contributed by atoms with Crippen molar-refractivity contribution < 1.29 is 23.3 Å². The van der Waals surface area contributed by atoms with Crippen molar-refractivity contribution in [3.63, 3.8) is 0 Å². The molecule has 208 valence electrons. The third-order valence-corrected chi connectivity index (χ3v) is 6.37. The van der Waals surface area contributed by atoms with Crippen molar-refractivity contribution in [2.75, 3.05) is 26.5 Å². The molecule has 1 fully saturated rings. The topological polar surface area (TPSA) is 130 Å². The number of azide groups is 1. The van der Waals surface area contributed by atoms with Gasteiger partial charge in [-0.3, -0.25) is 9.36 Å². The maximum Gasteiger partial charge on any atom is 0.335 e. The van der Waals surface area contributed by atoms with Crippen LogP contribution in [0.25, 0.3) is 10.4 Å². The smallest absolute Gasteiger partial charge is 0.335 e. The number of rotatable bonds is 16. The van der Waals surface area contributed by atoms with Gasteiger partial charge >= 0.3 is 5.69 Å². The summed E-state index contributed by atoms with van der Waals surface area (Å²) in [6.07, 6.45) is 2.23. The van der Waals surface area contributed by atoms with Crippen molar-refractivity contribution in [1.82, 2.24) is 9.13 Å². The lowest BCUT2D eigenvalue weighted by atomic mass is 9.95. The second-order valence-corrected chi connectivity index (χ2v) is 9.19. The monoisotopic (exact) mass is 533 g/mol. The van der Waals surface area contributed by atoms with Crippen LogP contribution >= 0.6 is 0 Å². The maximum atomic E-state index is 14.7. The molecule has 0 saturated carbocycles. The fourth-order valence-electron chi connectivity index (χ4n) is 4.27. The molecule has 0 amide bonds. The number of ether oxygens (including phenoxy) is 4. The quantitative estimate of drug-likeness (QED) is 0.138. The third kappa shape index (κ3) is 7.09. The number of hydrogen-bond acceptors (Lipinski definition) is 7. The van der Waals surface area contributed by atoms with Gasteiger partial charge in [0.1, 0.15) is 37.4 Å². The molecule has 1 aromatic carbocycles. The van der Waals surface area contributed by atoms with Crippen LogP contribution in [0.1, 0.15) is 51.3 Å². The zero-order valence-corrected chi connectivity index (χ0v) is 21.9. The van der Waals surface area contributed by atoms with Crippen molar-refractivity contribution in [2.24, 2.45) is 5.11 Å². The van der Waals surface area contributed by atoms with E-state index in [4.69, 9.17) is 18.9 Å². The Hall–Kier alpha value is -3.02. The predicted octanol–water partition coefficient (Wildman–Crippen LogP) is 4.10. The molecule has 1 aliphatic heterocycles. The molecule has 1 aliphatic rings. The highest BCUT2D eigenvalue weighted by molar-refractivity contribution is 5.13. The zero-order chi connectivity index (χ0) is 27.4. The number of alkyl halides is 1. The Labute approximate surface area is 220 Å². The summed E-state index contributed by atoms with van der Waals surface area (Å²) in [5.74, 6) is 0. The molecule has 12 heteroatoms. The van der Waals surface area contributed by atoms with Crippen LogP contribution in [0.5, 0.6) is 0 Å². The number of nitrogens with zero attached hydrogens (tertiary/aromatic N) is 5. The first-order valence-electron chi connectivity index (χ1n) is 12.9. The highest BCUT2D eigenvalue weighted by Gasteiger charge is 2.57. The first-order valence-corrected chi connectivity index (χ1v) is 12.9.